The second kappa shape index (κ2) is 10.8. The van der Waals surface area contributed by atoms with Crippen molar-refractivity contribution < 1.29 is 17.9 Å². The van der Waals surface area contributed by atoms with Gasteiger partial charge >= 0.3 is 0 Å². The molecule has 0 spiro atoms. The second-order valence-electron chi connectivity index (χ2n) is 8.18. The molecule has 0 radical (unpaired) electrons. The third-order valence-electron chi connectivity index (χ3n) is 5.37. The van der Waals surface area contributed by atoms with Crippen molar-refractivity contribution in [2.45, 2.75) is 18.7 Å². The molecule has 4 rings (SSSR count). The molecule has 0 unspecified atom stereocenters. The maximum Gasteiger partial charge on any atom is 0.267 e. The van der Waals surface area contributed by atoms with Crippen LogP contribution in [0.2, 0.25) is 0 Å². The average molecular weight is 509 g/mol. The topological polar surface area (TPSA) is 120 Å². The van der Waals surface area contributed by atoms with E-state index in [2.05, 4.69) is 25.1 Å². The van der Waals surface area contributed by atoms with Gasteiger partial charge in [0.2, 0.25) is 11.8 Å². The van der Waals surface area contributed by atoms with Crippen LogP contribution in [0.15, 0.2) is 65.8 Å². The zero-order valence-corrected chi connectivity index (χ0v) is 21.3. The van der Waals surface area contributed by atoms with Gasteiger partial charge in [0.15, 0.2) is 0 Å². The van der Waals surface area contributed by atoms with Crippen molar-refractivity contribution in [2.75, 3.05) is 30.3 Å². The van der Waals surface area contributed by atoms with Gasteiger partial charge in [-0.1, -0.05) is 18.2 Å². The number of ether oxygens (including phenoxy) is 2. The predicted molar refractivity (Wildman–Crippen MR) is 138 cm³/mol. The summed E-state index contributed by atoms with van der Waals surface area (Å²) in [7, 11) is -0.659. The number of rotatable bonds is 10. The van der Waals surface area contributed by atoms with Crippen molar-refractivity contribution >= 4 is 21.7 Å². The summed E-state index contributed by atoms with van der Waals surface area (Å²) in [6.45, 7) is 5.22. The smallest absolute Gasteiger partial charge is 0.267 e. The number of nitrogens with zero attached hydrogens (tertiary/aromatic N) is 4. The molecule has 0 bridgehead atoms. The number of benzene rings is 2. The third-order valence-corrected chi connectivity index (χ3v) is 6.65. The summed E-state index contributed by atoms with van der Waals surface area (Å²) in [6.07, 6.45) is 2.66. The van der Waals surface area contributed by atoms with Gasteiger partial charge in [-0.25, -0.2) is 18.1 Å². The molecule has 188 valence electrons. The quantitative estimate of drug-likeness (QED) is 0.307. The summed E-state index contributed by atoms with van der Waals surface area (Å²) in [6, 6.07) is 15.0. The van der Waals surface area contributed by atoms with Crippen LogP contribution >= 0.6 is 0 Å². The first-order valence-electron chi connectivity index (χ1n) is 11.2. The molecule has 4 aromatic rings. The van der Waals surface area contributed by atoms with Crippen LogP contribution in [0.3, 0.4) is 0 Å². The molecule has 2 N–H and O–H groups in total. The molecule has 2 heterocycles. The molecule has 2 aromatic carbocycles. The maximum absolute atomic E-state index is 12.9. The number of hydrogen-bond acceptors (Lipinski definition) is 8. The molecule has 0 aliphatic rings. The minimum atomic E-state index is -3.95. The van der Waals surface area contributed by atoms with Crippen molar-refractivity contribution in [1.82, 2.24) is 19.7 Å². The summed E-state index contributed by atoms with van der Waals surface area (Å²) in [4.78, 5) is 8.85. The number of hydrogen-bond donors (Lipinski definition) is 2. The van der Waals surface area contributed by atoms with Crippen LogP contribution in [0.5, 0.6) is 11.6 Å². The van der Waals surface area contributed by atoms with Gasteiger partial charge in [-0.05, 0) is 49.2 Å². The Hall–Kier alpha value is -3.96. The van der Waals surface area contributed by atoms with E-state index in [-0.39, 0.29) is 16.7 Å². The Morgan fingerprint density at radius 2 is 1.75 bits per heavy atom. The van der Waals surface area contributed by atoms with E-state index in [1.54, 1.807) is 32.4 Å². The normalized spacial score (nSPS) is 11.3. The summed E-state index contributed by atoms with van der Waals surface area (Å²) in [5.74, 6) is 0.637. The molecule has 0 saturated heterocycles. The lowest BCUT2D eigenvalue weighted by Gasteiger charge is -2.14. The summed E-state index contributed by atoms with van der Waals surface area (Å²) in [5.41, 5.74) is 4.32. The standard InChI is InChI=1S/C25H28N6O4S/c1-17-6-5-7-18(2)24(17)22-14-23(35-20-10-8-19(9-11-20)26-12-13-34-4)29-25(28-22)30-36(32,33)21-15-27-31(3)16-21/h5-11,14-16,26H,12-13H2,1-4H3,(H,28,29,30). The van der Waals surface area contributed by atoms with Crippen LogP contribution in [-0.2, 0) is 21.8 Å². The van der Waals surface area contributed by atoms with Crippen molar-refractivity contribution in [2.24, 2.45) is 7.05 Å². The first kappa shape index (κ1) is 25.1. The molecule has 0 fully saturated rings. The lowest BCUT2D eigenvalue weighted by atomic mass is 10.00. The number of sulfonamides is 1. The summed E-state index contributed by atoms with van der Waals surface area (Å²) >= 11 is 0. The van der Waals surface area contributed by atoms with Crippen LogP contribution in [-0.4, -0.2) is 48.4 Å². The predicted octanol–water partition coefficient (Wildman–Crippen LogP) is 4.15. The molecular formula is C25H28N6O4S. The van der Waals surface area contributed by atoms with Gasteiger partial charge in [0, 0.05) is 44.2 Å². The Bertz CT molecular complexity index is 1430. The van der Waals surface area contributed by atoms with E-state index in [1.165, 1.54) is 17.1 Å². The van der Waals surface area contributed by atoms with E-state index in [1.807, 2.05) is 44.2 Å². The fourth-order valence-corrected chi connectivity index (χ4v) is 4.57. The first-order chi connectivity index (χ1) is 17.2. The van der Waals surface area contributed by atoms with Crippen LogP contribution in [0, 0.1) is 13.8 Å². The molecule has 0 aliphatic heterocycles. The van der Waals surface area contributed by atoms with Gasteiger partial charge in [-0.15, -0.1) is 0 Å². The number of nitrogens with one attached hydrogen (secondary N) is 2. The number of aryl methyl sites for hydroxylation is 3. The largest absolute Gasteiger partial charge is 0.439 e. The van der Waals surface area contributed by atoms with Crippen LogP contribution in [0.25, 0.3) is 11.3 Å². The molecule has 0 atom stereocenters. The SMILES string of the molecule is COCCNc1ccc(Oc2cc(-c3c(C)cccc3C)nc(NS(=O)(=O)c3cnn(C)c3)n2)cc1. The van der Waals surface area contributed by atoms with E-state index < -0.39 is 10.0 Å². The highest BCUT2D eigenvalue weighted by molar-refractivity contribution is 7.92. The fraction of sp³-hybridized carbons (Fsp3) is 0.240. The van der Waals surface area contributed by atoms with Gasteiger partial charge in [0.1, 0.15) is 10.6 Å². The molecule has 36 heavy (non-hydrogen) atoms. The monoisotopic (exact) mass is 508 g/mol. The average Bonchev–Trinajstić information content (AvgIpc) is 3.27. The van der Waals surface area contributed by atoms with E-state index in [9.17, 15) is 8.42 Å². The van der Waals surface area contributed by atoms with Gasteiger partial charge in [-0.2, -0.15) is 10.1 Å². The Morgan fingerprint density at radius 3 is 2.39 bits per heavy atom. The number of methoxy groups -OCH3 is 1. The molecular weight excluding hydrogens is 480 g/mol. The Morgan fingerprint density at radius 1 is 1.03 bits per heavy atom. The van der Waals surface area contributed by atoms with Gasteiger partial charge in [-0.3, -0.25) is 4.68 Å². The van der Waals surface area contributed by atoms with Crippen molar-refractivity contribution in [3.63, 3.8) is 0 Å². The summed E-state index contributed by atoms with van der Waals surface area (Å²) < 4.78 is 40.7. The van der Waals surface area contributed by atoms with Crippen LogP contribution in [0.4, 0.5) is 11.6 Å². The van der Waals surface area contributed by atoms with Gasteiger partial charge in [0.25, 0.3) is 10.0 Å². The highest BCUT2D eigenvalue weighted by atomic mass is 32.2. The van der Waals surface area contributed by atoms with Crippen molar-refractivity contribution in [3.05, 3.63) is 72.1 Å². The third kappa shape index (κ3) is 5.99. The Balaban J connectivity index is 1.68. The van der Waals surface area contributed by atoms with Gasteiger partial charge < -0.3 is 14.8 Å². The zero-order chi connectivity index (χ0) is 25.7. The highest BCUT2D eigenvalue weighted by Crippen LogP contribution is 2.31. The number of aromatic nitrogens is 4. The number of anilines is 2. The van der Waals surface area contributed by atoms with Crippen molar-refractivity contribution in [1.29, 1.82) is 0 Å². The van der Waals surface area contributed by atoms with Gasteiger partial charge in [0.05, 0.1) is 18.5 Å². The first-order valence-corrected chi connectivity index (χ1v) is 12.7. The molecule has 0 amide bonds. The highest BCUT2D eigenvalue weighted by Gasteiger charge is 2.20. The molecule has 10 nitrogen and oxygen atoms in total. The van der Waals surface area contributed by atoms with E-state index in [4.69, 9.17) is 9.47 Å². The van der Waals surface area contributed by atoms with Crippen LogP contribution in [0.1, 0.15) is 11.1 Å². The summed E-state index contributed by atoms with van der Waals surface area (Å²) in [5, 5.41) is 7.18. The van der Waals surface area contributed by atoms with E-state index in [0.29, 0.717) is 24.6 Å². The fourth-order valence-electron chi connectivity index (χ4n) is 3.65. The lowest BCUT2D eigenvalue weighted by molar-refractivity contribution is 0.211. The Kier molecular flexibility index (Phi) is 7.51. The minimum Gasteiger partial charge on any atom is -0.439 e. The second-order valence-corrected chi connectivity index (χ2v) is 9.87. The lowest BCUT2D eigenvalue weighted by Crippen LogP contribution is -2.15. The van der Waals surface area contributed by atoms with E-state index in [0.717, 1.165) is 22.4 Å². The molecule has 0 aliphatic carbocycles. The molecule has 2 aromatic heterocycles. The van der Waals surface area contributed by atoms with Crippen LogP contribution < -0.4 is 14.8 Å². The Labute approximate surface area is 210 Å². The molecule has 0 saturated carbocycles. The molecule has 11 heteroatoms. The minimum absolute atomic E-state index is 0.00473. The van der Waals surface area contributed by atoms with E-state index >= 15 is 0 Å². The maximum atomic E-state index is 12.9. The zero-order valence-electron chi connectivity index (χ0n) is 20.5. The van der Waals surface area contributed by atoms with Crippen molar-refractivity contribution in [3.8, 4) is 22.9 Å².